The first-order chi connectivity index (χ1) is 4.16. The maximum Gasteiger partial charge on any atom is -0.0150 e. The molecule has 0 spiro atoms. The molecule has 0 saturated heterocycles. The van der Waals surface area contributed by atoms with Crippen LogP contribution in [0.1, 0.15) is 0 Å². The van der Waals surface area contributed by atoms with E-state index in [4.69, 9.17) is 5.50 Å². The molecular formula is C4H13NP4. The molecule has 0 aromatic heterocycles. The Morgan fingerprint density at radius 3 is 2.56 bits per heavy atom. The van der Waals surface area contributed by atoms with Crippen LogP contribution in [-0.2, 0) is 0 Å². The van der Waals surface area contributed by atoms with E-state index in [1.165, 1.54) is 20.2 Å². The standard InChI is InChI=1S/C4H13NP4/c1-7-9(6)4-3-8(2)5/h1,3-6H2,2H3. The van der Waals surface area contributed by atoms with E-state index in [0.29, 0.717) is 0 Å². The summed E-state index contributed by atoms with van der Waals surface area (Å²) in [6, 6.07) is 0. The van der Waals surface area contributed by atoms with Crippen molar-refractivity contribution in [3.63, 3.8) is 0 Å². The van der Waals surface area contributed by atoms with Crippen LogP contribution in [0, 0.1) is 0 Å². The lowest BCUT2D eigenvalue weighted by molar-refractivity contribution is 1.50. The van der Waals surface area contributed by atoms with Gasteiger partial charge in [-0.3, -0.25) is 0 Å². The van der Waals surface area contributed by atoms with Crippen LogP contribution in [0.2, 0.25) is 0 Å². The molecular weight excluding hydrogens is 186 g/mol. The second-order valence-electron chi connectivity index (χ2n) is 1.79. The van der Waals surface area contributed by atoms with Gasteiger partial charge in [0.2, 0.25) is 0 Å². The minimum Gasteiger partial charge on any atom is -0.310 e. The molecule has 2 N–H and O–H groups in total. The van der Waals surface area contributed by atoms with E-state index in [9.17, 15) is 0 Å². The van der Waals surface area contributed by atoms with Crippen LogP contribution < -0.4 is 5.50 Å². The highest BCUT2D eigenvalue weighted by atomic mass is 32.4. The zero-order valence-corrected chi connectivity index (χ0v) is 9.46. The summed E-state index contributed by atoms with van der Waals surface area (Å²) in [5.41, 5.74) is 5.64. The SMILES string of the molecule is C=PP(P)CCP(C)N. The van der Waals surface area contributed by atoms with Crippen molar-refractivity contribution < 1.29 is 0 Å². The second-order valence-corrected chi connectivity index (χ2v) is 10.9. The van der Waals surface area contributed by atoms with Crippen molar-refractivity contribution >= 4 is 38.5 Å². The smallest absolute Gasteiger partial charge is 0.0150 e. The molecule has 0 aliphatic heterocycles. The van der Waals surface area contributed by atoms with E-state index in [1.54, 1.807) is 0 Å². The average Bonchev–Trinajstić information content (AvgIpc) is 1.83. The maximum absolute atomic E-state index is 5.64. The lowest BCUT2D eigenvalue weighted by Gasteiger charge is -2.06. The van der Waals surface area contributed by atoms with Crippen molar-refractivity contribution in [2.45, 2.75) is 0 Å². The van der Waals surface area contributed by atoms with E-state index in [2.05, 4.69) is 21.9 Å². The van der Waals surface area contributed by atoms with Crippen LogP contribution in [0.25, 0.3) is 0 Å². The zero-order chi connectivity index (χ0) is 7.28. The Kier molecular flexibility index (Phi) is 7.12. The molecule has 0 aromatic carbocycles. The fourth-order valence-electron chi connectivity index (χ4n) is 0.331. The molecule has 54 valence electrons. The van der Waals surface area contributed by atoms with Crippen molar-refractivity contribution in [3.05, 3.63) is 0 Å². The van der Waals surface area contributed by atoms with Crippen molar-refractivity contribution in [1.29, 1.82) is 0 Å². The quantitative estimate of drug-likeness (QED) is 0.691. The lowest BCUT2D eigenvalue weighted by Crippen LogP contribution is -1.92. The molecule has 0 aromatic rings. The number of nitrogens with two attached hydrogens (primary N) is 1. The van der Waals surface area contributed by atoms with Crippen LogP contribution >= 0.6 is 32.2 Å². The summed E-state index contributed by atoms with van der Waals surface area (Å²) >= 11 is 0. The highest BCUT2D eigenvalue weighted by molar-refractivity contribution is 8.47. The van der Waals surface area contributed by atoms with Gasteiger partial charge in [0.1, 0.15) is 0 Å². The van der Waals surface area contributed by atoms with Gasteiger partial charge >= 0.3 is 0 Å². The van der Waals surface area contributed by atoms with Crippen molar-refractivity contribution in [2.24, 2.45) is 5.50 Å². The first-order valence-corrected chi connectivity index (χ1v) is 9.59. The van der Waals surface area contributed by atoms with Gasteiger partial charge in [-0.05, 0) is 34.4 Å². The van der Waals surface area contributed by atoms with Gasteiger partial charge < -0.3 is 5.50 Å². The second kappa shape index (κ2) is 6.15. The molecule has 0 amide bonds. The first-order valence-electron chi connectivity index (χ1n) is 2.61. The van der Waals surface area contributed by atoms with Gasteiger partial charge in [0, 0.05) is 0 Å². The van der Waals surface area contributed by atoms with Crippen LogP contribution in [0.3, 0.4) is 0 Å². The lowest BCUT2D eigenvalue weighted by atomic mass is 11.0. The largest absolute Gasteiger partial charge is 0.310 e. The molecule has 1 nitrogen and oxygen atoms in total. The first kappa shape index (κ1) is 10.4. The molecule has 0 fully saturated rings. The summed E-state index contributed by atoms with van der Waals surface area (Å²) < 4.78 is 0. The van der Waals surface area contributed by atoms with E-state index < -0.39 is 0 Å². The predicted octanol–water partition coefficient (Wildman–Crippen LogP) is 2.54. The average molecular weight is 199 g/mol. The van der Waals surface area contributed by atoms with Crippen LogP contribution in [0.15, 0.2) is 0 Å². The van der Waals surface area contributed by atoms with E-state index >= 15 is 0 Å². The van der Waals surface area contributed by atoms with E-state index in [-0.39, 0.29) is 15.4 Å². The monoisotopic (exact) mass is 199 g/mol. The molecule has 0 heterocycles. The van der Waals surface area contributed by atoms with Crippen molar-refractivity contribution in [1.82, 2.24) is 0 Å². The Bertz CT molecular complexity index is 84.6. The van der Waals surface area contributed by atoms with Gasteiger partial charge in [-0.1, -0.05) is 14.2 Å². The minimum atomic E-state index is -0.168. The molecule has 3 unspecified atom stereocenters. The zero-order valence-electron chi connectivity index (χ0n) is 5.62. The Hall–Kier alpha value is 1.42. The molecule has 0 aliphatic carbocycles. The predicted molar refractivity (Wildman–Crippen MR) is 57.4 cm³/mol. The van der Waals surface area contributed by atoms with Crippen LogP contribution in [0.5, 0.6) is 0 Å². The van der Waals surface area contributed by atoms with Crippen LogP contribution in [0.4, 0.5) is 0 Å². The molecule has 0 bridgehead atoms. The van der Waals surface area contributed by atoms with Gasteiger partial charge in [0.25, 0.3) is 0 Å². The van der Waals surface area contributed by atoms with Crippen molar-refractivity contribution in [3.8, 4) is 0 Å². The Morgan fingerprint density at radius 2 is 2.22 bits per heavy atom. The normalized spacial score (nSPS) is 17.7. The molecule has 5 heteroatoms. The highest BCUT2D eigenvalue weighted by Gasteiger charge is 1.97. The Labute approximate surface area is 63.5 Å². The number of hydrogen-bond acceptors (Lipinski definition) is 1. The molecule has 0 saturated carbocycles. The van der Waals surface area contributed by atoms with Gasteiger partial charge in [-0.25, -0.2) is 0 Å². The third-order valence-corrected chi connectivity index (χ3v) is 7.12. The molecule has 0 rings (SSSR count). The van der Waals surface area contributed by atoms with E-state index in [0.717, 1.165) is 0 Å². The van der Waals surface area contributed by atoms with Gasteiger partial charge in [-0.2, -0.15) is 0 Å². The van der Waals surface area contributed by atoms with Gasteiger partial charge in [0.15, 0.2) is 0 Å². The van der Waals surface area contributed by atoms with Gasteiger partial charge in [0.05, 0.1) is 0 Å². The summed E-state index contributed by atoms with van der Waals surface area (Å²) in [5, 5.41) is 0. The van der Waals surface area contributed by atoms with Crippen LogP contribution in [-0.4, -0.2) is 25.3 Å². The Balaban J connectivity index is 3.16. The summed E-state index contributed by atoms with van der Waals surface area (Å²) in [4.78, 5) is 0. The minimum absolute atomic E-state index is 0.103. The molecule has 0 aliphatic rings. The summed E-state index contributed by atoms with van der Waals surface area (Å²) in [6.07, 6.45) is 6.28. The molecule has 9 heavy (non-hydrogen) atoms. The fraction of sp³-hybridized carbons (Fsp3) is 0.750. The summed E-state index contributed by atoms with van der Waals surface area (Å²) in [7, 11) is 4.06. The number of rotatable bonds is 4. The van der Waals surface area contributed by atoms with Gasteiger partial charge in [-0.15, -0.1) is 8.93 Å². The Morgan fingerprint density at radius 1 is 1.67 bits per heavy atom. The van der Waals surface area contributed by atoms with E-state index in [1.807, 2.05) is 0 Å². The third kappa shape index (κ3) is 7.32. The highest BCUT2D eigenvalue weighted by Crippen LogP contribution is 2.56. The summed E-state index contributed by atoms with van der Waals surface area (Å²) in [6.45, 7) is 2.11. The topological polar surface area (TPSA) is 26.0 Å². The maximum atomic E-state index is 5.64. The third-order valence-electron chi connectivity index (χ3n) is 0.863. The molecule has 3 atom stereocenters. The number of hydrogen-bond donors (Lipinski definition) is 1. The van der Waals surface area contributed by atoms with Crippen molar-refractivity contribution in [2.75, 3.05) is 19.0 Å². The summed E-state index contributed by atoms with van der Waals surface area (Å²) in [5.74, 6) is 0. The fourth-order valence-corrected chi connectivity index (χ4v) is 4.82. The molecule has 0 radical (unpaired) electrons.